The summed E-state index contributed by atoms with van der Waals surface area (Å²) in [5.41, 5.74) is 0. The molecule has 0 aromatic rings. The highest BCUT2D eigenvalue weighted by Crippen LogP contribution is 2.23. The molecule has 0 aromatic carbocycles. The predicted molar refractivity (Wildman–Crippen MR) is 66.0 cm³/mol. The van der Waals surface area contributed by atoms with Crippen molar-refractivity contribution in [3.8, 4) is 0 Å². The van der Waals surface area contributed by atoms with Gasteiger partial charge in [-0.15, -0.1) is 11.8 Å². The number of hydrogen-bond acceptors (Lipinski definition) is 3. The highest BCUT2D eigenvalue weighted by atomic mass is 32.2. The lowest BCUT2D eigenvalue weighted by Gasteiger charge is -2.20. The molecule has 1 aliphatic heterocycles. The van der Waals surface area contributed by atoms with Gasteiger partial charge in [-0.25, -0.2) is 0 Å². The molecule has 1 fully saturated rings. The maximum atomic E-state index is 11.8. The lowest BCUT2D eigenvalue weighted by Crippen LogP contribution is -2.36. The highest BCUT2D eigenvalue weighted by molar-refractivity contribution is 8.00. The summed E-state index contributed by atoms with van der Waals surface area (Å²) in [7, 11) is 0. The first-order chi connectivity index (χ1) is 7.21. The zero-order valence-electron chi connectivity index (χ0n) is 9.95. The Morgan fingerprint density at radius 3 is 2.53 bits per heavy atom. The van der Waals surface area contributed by atoms with Crippen LogP contribution in [0.3, 0.4) is 0 Å². The summed E-state index contributed by atoms with van der Waals surface area (Å²) >= 11 is 1.88. The van der Waals surface area contributed by atoms with Crippen molar-refractivity contribution in [1.29, 1.82) is 0 Å². The van der Waals surface area contributed by atoms with Gasteiger partial charge in [0.2, 0.25) is 5.91 Å². The van der Waals surface area contributed by atoms with E-state index < -0.39 is 0 Å². The van der Waals surface area contributed by atoms with E-state index in [0.717, 1.165) is 25.3 Å². The first kappa shape index (κ1) is 12.8. The van der Waals surface area contributed by atoms with Crippen molar-refractivity contribution in [2.45, 2.75) is 45.0 Å². The van der Waals surface area contributed by atoms with E-state index in [2.05, 4.69) is 12.2 Å². The summed E-state index contributed by atoms with van der Waals surface area (Å²) in [6.45, 7) is 7.90. The third-order valence-electron chi connectivity index (χ3n) is 2.89. The Morgan fingerprint density at radius 1 is 1.40 bits per heavy atom. The molecule has 1 rings (SSSR count). The minimum absolute atomic E-state index is 0.279. The molecule has 0 radical (unpaired) electrons. The van der Waals surface area contributed by atoms with E-state index in [0.29, 0.717) is 17.8 Å². The Kier molecular flexibility index (Phi) is 5.47. The lowest BCUT2D eigenvalue weighted by molar-refractivity contribution is -0.130. The summed E-state index contributed by atoms with van der Waals surface area (Å²) in [5.74, 6) is 1.42. The zero-order valence-corrected chi connectivity index (χ0v) is 10.8. The molecule has 1 saturated heterocycles. The predicted octanol–water partition coefficient (Wildman–Crippen LogP) is 1.69. The number of amides is 1. The third-order valence-corrected chi connectivity index (χ3v) is 4.19. The Balaban J connectivity index is 2.32. The molecule has 1 amide bonds. The zero-order chi connectivity index (χ0) is 11.3. The van der Waals surface area contributed by atoms with Gasteiger partial charge in [0.25, 0.3) is 0 Å². The maximum Gasteiger partial charge on any atom is 0.224 e. The number of nitrogens with one attached hydrogen (secondary N) is 1. The Hall–Kier alpha value is -0.220. The summed E-state index contributed by atoms with van der Waals surface area (Å²) in [4.78, 5) is 13.7. The molecule has 4 heteroatoms. The van der Waals surface area contributed by atoms with E-state index in [1.807, 2.05) is 30.5 Å². The van der Waals surface area contributed by atoms with Crippen LogP contribution in [0.15, 0.2) is 0 Å². The van der Waals surface area contributed by atoms with E-state index in [1.54, 1.807) is 0 Å². The van der Waals surface area contributed by atoms with Gasteiger partial charge in [0.1, 0.15) is 0 Å². The van der Waals surface area contributed by atoms with Crippen LogP contribution in [0.4, 0.5) is 0 Å². The average Bonchev–Trinajstić information content (AvgIpc) is 2.67. The second-order valence-electron chi connectivity index (χ2n) is 3.86. The van der Waals surface area contributed by atoms with Gasteiger partial charge >= 0.3 is 0 Å². The fourth-order valence-corrected chi connectivity index (χ4v) is 3.15. The molecule has 0 bridgehead atoms. The summed E-state index contributed by atoms with van der Waals surface area (Å²) in [6, 6.07) is 0.601. The number of carbonyl (C=O) groups is 1. The minimum atomic E-state index is 0.279. The topological polar surface area (TPSA) is 32.3 Å². The van der Waals surface area contributed by atoms with Gasteiger partial charge in [-0.3, -0.25) is 4.79 Å². The van der Waals surface area contributed by atoms with E-state index in [9.17, 15) is 4.79 Å². The van der Waals surface area contributed by atoms with Gasteiger partial charge in [-0.1, -0.05) is 6.92 Å². The fourth-order valence-electron chi connectivity index (χ4n) is 1.81. The van der Waals surface area contributed by atoms with Gasteiger partial charge in [0.15, 0.2) is 0 Å². The number of nitrogens with zero attached hydrogens (tertiary/aromatic N) is 1. The monoisotopic (exact) mass is 230 g/mol. The SMILES string of the molecule is CCC1CSC(CC(=O)N(CC)CC)N1. The smallest absolute Gasteiger partial charge is 0.224 e. The molecular formula is C11H22N2OS. The molecule has 0 spiro atoms. The molecule has 0 aromatic heterocycles. The van der Waals surface area contributed by atoms with Crippen LogP contribution in [0.5, 0.6) is 0 Å². The van der Waals surface area contributed by atoms with Gasteiger partial charge in [-0.05, 0) is 20.3 Å². The molecule has 1 aliphatic rings. The fraction of sp³-hybridized carbons (Fsp3) is 0.909. The first-order valence-electron chi connectivity index (χ1n) is 5.86. The van der Waals surface area contributed by atoms with E-state index >= 15 is 0 Å². The highest BCUT2D eigenvalue weighted by Gasteiger charge is 2.25. The largest absolute Gasteiger partial charge is 0.343 e. The second-order valence-corrected chi connectivity index (χ2v) is 5.10. The van der Waals surface area contributed by atoms with Gasteiger partial charge in [0.05, 0.1) is 11.8 Å². The van der Waals surface area contributed by atoms with Crippen molar-refractivity contribution in [1.82, 2.24) is 10.2 Å². The Bertz CT molecular complexity index is 207. The molecule has 1 N–H and O–H groups in total. The van der Waals surface area contributed by atoms with Crippen molar-refractivity contribution in [2.24, 2.45) is 0 Å². The minimum Gasteiger partial charge on any atom is -0.343 e. The second kappa shape index (κ2) is 6.38. The quantitative estimate of drug-likeness (QED) is 0.780. The van der Waals surface area contributed by atoms with Crippen molar-refractivity contribution in [3.05, 3.63) is 0 Å². The summed E-state index contributed by atoms with van der Waals surface area (Å²) in [6.07, 6.45) is 1.80. The Morgan fingerprint density at radius 2 is 2.07 bits per heavy atom. The van der Waals surface area contributed by atoms with Gasteiger partial charge in [0, 0.05) is 24.9 Å². The van der Waals surface area contributed by atoms with Crippen molar-refractivity contribution >= 4 is 17.7 Å². The number of hydrogen-bond donors (Lipinski definition) is 1. The molecule has 15 heavy (non-hydrogen) atoms. The van der Waals surface area contributed by atoms with Crippen molar-refractivity contribution in [2.75, 3.05) is 18.8 Å². The first-order valence-corrected chi connectivity index (χ1v) is 6.91. The molecule has 0 aliphatic carbocycles. The average molecular weight is 230 g/mol. The van der Waals surface area contributed by atoms with Gasteiger partial charge < -0.3 is 10.2 Å². The van der Waals surface area contributed by atoms with Crippen molar-refractivity contribution in [3.63, 3.8) is 0 Å². The molecule has 2 unspecified atom stereocenters. The number of carbonyl (C=O) groups excluding carboxylic acids is 1. The van der Waals surface area contributed by atoms with Crippen LogP contribution in [0.1, 0.15) is 33.6 Å². The molecule has 88 valence electrons. The van der Waals surface area contributed by atoms with Crippen LogP contribution in [0.2, 0.25) is 0 Å². The van der Waals surface area contributed by atoms with Crippen LogP contribution >= 0.6 is 11.8 Å². The van der Waals surface area contributed by atoms with Crippen molar-refractivity contribution < 1.29 is 4.79 Å². The van der Waals surface area contributed by atoms with Crippen LogP contribution in [0.25, 0.3) is 0 Å². The van der Waals surface area contributed by atoms with E-state index in [1.165, 1.54) is 0 Å². The maximum absolute atomic E-state index is 11.8. The van der Waals surface area contributed by atoms with Crippen LogP contribution in [-0.4, -0.2) is 41.1 Å². The Labute approximate surface area is 97.0 Å². The van der Waals surface area contributed by atoms with Crippen LogP contribution in [-0.2, 0) is 4.79 Å². The molecule has 1 heterocycles. The third kappa shape index (κ3) is 3.68. The van der Waals surface area contributed by atoms with E-state index in [4.69, 9.17) is 0 Å². The van der Waals surface area contributed by atoms with Crippen LogP contribution < -0.4 is 5.32 Å². The van der Waals surface area contributed by atoms with Crippen LogP contribution in [0, 0.1) is 0 Å². The van der Waals surface area contributed by atoms with Gasteiger partial charge in [-0.2, -0.15) is 0 Å². The summed E-state index contributed by atoms with van der Waals surface area (Å²) in [5, 5.41) is 3.83. The molecule has 2 atom stereocenters. The standard InChI is InChI=1S/C11H22N2OS/c1-4-9-8-15-10(12-9)7-11(14)13(5-2)6-3/h9-10,12H,4-8H2,1-3H3. The summed E-state index contributed by atoms with van der Waals surface area (Å²) < 4.78 is 0. The molecule has 0 saturated carbocycles. The number of thioether (sulfide) groups is 1. The van der Waals surface area contributed by atoms with E-state index in [-0.39, 0.29) is 5.91 Å². The molecular weight excluding hydrogens is 208 g/mol. The lowest BCUT2D eigenvalue weighted by atomic mass is 10.2. The number of rotatable bonds is 5. The normalized spacial score (nSPS) is 25.5. The molecule has 3 nitrogen and oxygen atoms in total.